The number of nitrogens with one attached hydrogen (secondary N) is 3. The SMILES string of the molecule is CCC(=O)Nc1cccc(NC(=S)NC(=O)c2ccc(-c3ccc(C)c(C)c3)o2)c1. The Kier molecular flexibility index (Phi) is 6.64. The van der Waals surface area contributed by atoms with E-state index in [0.717, 1.165) is 11.1 Å². The van der Waals surface area contributed by atoms with E-state index in [2.05, 4.69) is 16.0 Å². The third-order valence-corrected chi connectivity index (χ3v) is 4.78. The molecule has 1 heterocycles. The fraction of sp³-hybridized carbons (Fsp3) is 0.174. The molecule has 0 fully saturated rings. The van der Waals surface area contributed by atoms with Gasteiger partial charge in [0.1, 0.15) is 5.76 Å². The van der Waals surface area contributed by atoms with Crippen molar-refractivity contribution in [1.82, 2.24) is 5.32 Å². The number of benzene rings is 2. The molecule has 3 aromatic rings. The zero-order valence-electron chi connectivity index (χ0n) is 17.0. The quantitative estimate of drug-likeness (QED) is 0.503. The van der Waals surface area contributed by atoms with Crippen molar-refractivity contribution in [2.24, 2.45) is 0 Å². The predicted octanol–water partition coefficient (Wildman–Crippen LogP) is 5.04. The Morgan fingerprint density at radius 3 is 2.37 bits per heavy atom. The molecule has 2 amide bonds. The van der Waals surface area contributed by atoms with Gasteiger partial charge >= 0.3 is 0 Å². The summed E-state index contributed by atoms with van der Waals surface area (Å²) in [6.07, 6.45) is 0.388. The molecule has 7 heteroatoms. The summed E-state index contributed by atoms with van der Waals surface area (Å²) in [5, 5.41) is 8.44. The second-order valence-electron chi connectivity index (χ2n) is 6.85. The third kappa shape index (κ3) is 5.33. The highest BCUT2D eigenvalue weighted by Gasteiger charge is 2.14. The number of aryl methyl sites for hydroxylation is 2. The molecule has 0 bridgehead atoms. The van der Waals surface area contributed by atoms with Crippen molar-refractivity contribution in [3.63, 3.8) is 0 Å². The number of amides is 2. The second kappa shape index (κ2) is 9.37. The summed E-state index contributed by atoms with van der Waals surface area (Å²) in [5.74, 6) is 0.247. The minimum Gasteiger partial charge on any atom is -0.451 e. The number of carbonyl (C=O) groups is 2. The maximum atomic E-state index is 12.5. The molecule has 0 saturated heterocycles. The van der Waals surface area contributed by atoms with Crippen molar-refractivity contribution in [1.29, 1.82) is 0 Å². The van der Waals surface area contributed by atoms with E-state index in [1.807, 2.05) is 32.0 Å². The van der Waals surface area contributed by atoms with Crippen LogP contribution in [0.25, 0.3) is 11.3 Å². The van der Waals surface area contributed by atoms with Gasteiger partial charge in [0.25, 0.3) is 5.91 Å². The van der Waals surface area contributed by atoms with E-state index in [1.165, 1.54) is 5.56 Å². The van der Waals surface area contributed by atoms with E-state index >= 15 is 0 Å². The topological polar surface area (TPSA) is 83.4 Å². The van der Waals surface area contributed by atoms with Gasteiger partial charge < -0.3 is 15.1 Å². The molecule has 154 valence electrons. The monoisotopic (exact) mass is 421 g/mol. The van der Waals surface area contributed by atoms with Gasteiger partial charge in [0.15, 0.2) is 10.9 Å². The zero-order chi connectivity index (χ0) is 21.7. The fourth-order valence-electron chi connectivity index (χ4n) is 2.76. The molecule has 0 saturated carbocycles. The smallest absolute Gasteiger partial charge is 0.293 e. The molecule has 0 atom stereocenters. The molecule has 6 nitrogen and oxygen atoms in total. The standard InChI is InChI=1S/C23H23N3O3S/c1-4-21(27)24-17-6-5-7-18(13-17)25-23(30)26-22(28)20-11-10-19(29-20)16-9-8-14(2)15(3)12-16/h5-13H,4H2,1-3H3,(H,24,27)(H2,25,26,28,30). The molecule has 3 N–H and O–H groups in total. The van der Waals surface area contributed by atoms with Crippen LogP contribution in [0.4, 0.5) is 11.4 Å². The summed E-state index contributed by atoms with van der Waals surface area (Å²) in [6, 6.07) is 16.4. The first kappa shape index (κ1) is 21.3. The summed E-state index contributed by atoms with van der Waals surface area (Å²) >= 11 is 5.23. The van der Waals surface area contributed by atoms with Crippen LogP contribution in [0.5, 0.6) is 0 Å². The van der Waals surface area contributed by atoms with E-state index in [1.54, 1.807) is 43.3 Å². The molecule has 2 aromatic carbocycles. The number of thiocarbonyl (C=S) groups is 1. The number of furan rings is 1. The van der Waals surface area contributed by atoms with Crippen molar-refractivity contribution in [2.75, 3.05) is 10.6 Å². The van der Waals surface area contributed by atoms with Crippen LogP contribution in [0, 0.1) is 13.8 Å². The molecule has 0 aliphatic carbocycles. The van der Waals surface area contributed by atoms with Crippen LogP contribution in [0.15, 0.2) is 59.0 Å². The van der Waals surface area contributed by atoms with Crippen molar-refractivity contribution in [3.8, 4) is 11.3 Å². The van der Waals surface area contributed by atoms with Crippen LogP contribution < -0.4 is 16.0 Å². The Bertz CT molecular complexity index is 1100. The Balaban J connectivity index is 1.63. The number of hydrogen-bond acceptors (Lipinski definition) is 4. The summed E-state index contributed by atoms with van der Waals surface area (Å²) in [7, 11) is 0. The first-order valence-electron chi connectivity index (χ1n) is 9.55. The Labute approximate surface area is 180 Å². The van der Waals surface area contributed by atoms with Crippen LogP contribution in [0.2, 0.25) is 0 Å². The lowest BCUT2D eigenvalue weighted by atomic mass is 10.1. The third-order valence-electron chi connectivity index (χ3n) is 4.57. The Morgan fingerprint density at radius 2 is 1.67 bits per heavy atom. The minimum absolute atomic E-state index is 0.0829. The zero-order valence-corrected chi connectivity index (χ0v) is 17.9. The number of rotatable bonds is 5. The first-order chi connectivity index (χ1) is 14.4. The molecule has 0 spiro atoms. The molecular formula is C23H23N3O3S. The first-order valence-corrected chi connectivity index (χ1v) is 9.96. The molecule has 0 aliphatic heterocycles. The van der Waals surface area contributed by atoms with E-state index in [0.29, 0.717) is 23.6 Å². The van der Waals surface area contributed by atoms with E-state index in [-0.39, 0.29) is 16.8 Å². The van der Waals surface area contributed by atoms with E-state index in [4.69, 9.17) is 16.6 Å². The van der Waals surface area contributed by atoms with Crippen molar-refractivity contribution in [2.45, 2.75) is 27.2 Å². The average molecular weight is 422 g/mol. The highest BCUT2D eigenvalue weighted by Crippen LogP contribution is 2.24. The lowest BCUT2D eigenvalue weighted by Gasteiger charge is -2.10. The van der Waals surface area contributed by atoms with Crippen molar-refractivity contribution in [3.05, 3.63) is 71.5 Å². The van der Waals surface area contributed by atoms with Crippen molar-refractivity contribution < 1.29 is 14.0 Å². The van der Waals surface area contributed by atoms with Crippen LogP contribution >= 0.6 is 12.2 Å². The number of anilines is 2. The van der Waals surface area contributed by atoms with Gasteiger partial charge in [-0.25, -0.2) is 0 Å². The second-order valence-corrected chi connectivity index (χ2v) is 7.26. The maximum Gasteiger partial charge on any atom is 0.293 e. The molecule has 1 aromatic heterocycles. The fourth-order valence-corrected chi connectivity index (χ4v) is 2.97. The van der Waals surface area contributed by atoms with Gasteiger partial charge in [-0.15, -0.1) is 0 Å². The van der Waals surface area contributed by atoms with Gasteiger partial charge in [-0.05, 0) is 73.6 Å². The van der Waals surface area contributed by atoms with Gasteiger partial charge in [-0.2, -0.15) is 0 Å². The highest BCUT2D eigenvalue weighted by molar-refractivity contribution is 7.80. The maximum absolute atomic E-state index is 12.5. The largest absolute Gasteiger partial charge is 0.451 e. The lowest BCUT2D eigenvalue weighted by Crippen LogP contribution is -2.33. The van der Waals surface area contributed by atoms with Gasteiger partial charge in [0.05, 0.1) is 0 Å². The van der Waals surface area contributed by atoms with E-state index < -0.39 is 5.91 Å². The average Bonchev–Trinajstić information content (AvgIpc) is 3.20. The lowest BCUT2D eigenvalue weighted by molar-refractivity contribution is -0.115. The van der Waals surface area contributed by atoms with Crippen LogP contribution in [0.1, 0.15) is 35.0 Å². The molecule has 0 unspecified atom stereocenters. The minimum atomic E-state index is -0.446. The summed E-state index contributed by atoms with van der Waals surface area (Å²) in [4.78, 5) is 24.0. The molecule has 30 heavy (non-hydrogen) atoms. The summed E-state index contributed by atoms with van der Waals surface area (Å²) in [5.41, 5.74) is 4.54. The van der Waals surface area contributed by atoms with E-state index in [9.17, 15) is 9.59 Å². The van der Waals surface area contributed by atoms with Crippen LogP contribution in [0.3, 0.4) is 0 Å². The number of carbonyl (C=O) groups excluding carboxylic acids is 2. The number of hydrogen-bond donors (Lipinski definition) is 3. The Hall–Kier alpha value is -3.45. The van der Waals surface area contributed by atoms with Crippen LogP contribution in [-0.2, 0) is 4.79 Å². The molecular weight excluding hydrogens is 398 g/mol. The van der Waals surface area contributed by atoms with Gasteiger partial charge in [-0.3, -0.25) is 14.9 Å². The summed E-state index contributed by atoms with van der Waals surface area (Å²) in [6.45, 7) is 5.85. The van der Waals surface area contributed by atoms with Crippen LogP contribution in [-0.4, -0.2) is 16.9 Å². The Morgan fingerprint density at radius 1 is 0.933 bits per heavy atom. The van der Waals surface area contributed by atoms with Crippen molar-refractivity contribution >= 4 is 40.5 Å². The normalized spacial score (nSPS) is 10.4. The highest BCUT2D eigenvalue weighted by atomic mass is 32.1. The summed E-state index contributed by atoms with van der Waals surface area (Å²) < 4.78 is 5.71. The van der Waals surface area contributed by atoms with Gasteiger partial charge in [-0.1, -0.05) is 25.1 Å². The van der Waals surface area contributed by atoms with Gasteiger partial charge in [0.2, 0.25) is 5.91 Å². The molecule has 0 radical (unpaired) electrons. The molecule has 3 rings (SSSR count). The van der Waals surface area contributed by atoms with Gasteiger partial charge in [0, 0.05) is 23.4 Å². The molecule has 0 aliphatic rings. The predicted molar refractivity (Wildman–Crippen MR) is 123 cm³/mol.